The average Bonchev–Trinajstić information content (AvgIpc) is 3.58. The number of rotatable bonds is 7. The maximum Gasteiger partial charge on any atom is 0.137 e. The number of para-hydroxylation sites is 1. The van der Waals surface area contributed by atoms with Gasteiger partial charge in [-0.2, -0.15) is 5.10 Å². The Kier molecular flexibility index (Phi) is 8.03. The van der Waals surface area contributed by atoms with E-state index in [9.17, 15) is 0 Å². The molecule has 1 aliphatic carbocycles. The van der Waals surface area contributed by atoms with Gasteiger partial charge in [0.15, 0.2) is 0 Å². The molecule has 2 atom stereocenters. The van der Waals surface area contributed by atoms with Crippen LogP contribution in [-0.2, 0) is 0 Å². The minimum atomic E-state index is 0.316. The molecular weight excluding hydrogens is 576 g/mol. The molecule has 0 amide bonds. The zero-order chi connectivity index (χ0) is 33.0. The van der Waals surface area contributed by atoms with Gasteiger partial charge < -0.3 is 4.74 Å². The molecule has 5 nitrogen and oxygen atoms in total. The first-order valence-electron chi connectivity index (χ1n) is 17.2. The van der Waals surface area contributed by atoms with Crippen LogP contribution in [0.25, 0.3) is 33.3 Å². The predicted molar refractivity (Wildman–Crippen MR) is 195 cm³/mol. The number of fused-ring (bicyclic) bond motifs is 3. The molecule has 3 aromatic heterocycles. The van der Waals surface area contributed by atoms with Gasteiger partial charge in [0.1, 0.15) is 17.3 Å². The lowest BCUT2D eigenvalue weighted by molar-refractivity contribution is 0.443. The molecule has 5 heteroatoms. The maximum atomic E-state index is 6.69. The molecule has 0 saturated heterocycles. The lowest BCUT2D eigenvalue weighted by atomic mass is 9.73. The Morgan fingerprint density at radius 1 is 0.787 bits per heavy atom. The number of aromatic nitrogens is 4. The smallest absolute Gasteiger partial charge is 0.137 e. The third-order valence-corrected chi connectivity index (χ3v) is 9.83. The van der Waals surface area contributed by atoms with Gasteiger partial charge in [-0.25, -0.2) is 9.67 Å². The molecule has 6 aromatic rings. The Hall–Kier alpha value is -4.64. The molecule has 3 aromatic carbocycles. The van der Waals surface area contributed by atoms with E-state index >= 15 is 0 Å². The van der Waals surface area contributed by atoms with Crippen LogP contribution in [0.15, 0.2) is 90.6 Å². The summed E-state index contributed by atoms with van der Waals surface area (Å²) in [6.07, 6.45) is 6.70. The normalized spacial score (nSPS) is 16.9. The topological polar surface area (TPSA) is 44.9 Å². The number of hydrogen-bond acceptors (Lipinski definition) is 3. The van der Waals surface area contributed by atoms with Crippen LogP contribution in [0.2, 0.25) is 0 Å². The third-order valence-electron chi connectivity index (χ3n) is 9.83. The van der Waals surface area contributed by atoms with E-state index in [0.29, 0.717) is 23.7 Å². The number of hydrogen-bond donors (Lipinski definition) is 0. The molecule has 240 valence electrons. The fraction of sp³-hybridized carbons (Fsp3) is 0.333. The van der Waals surface area contributed by atoms with Crippen molar-refractivity contribution in [1.29, 1.82) is 0 Å². The van der Waals surface area contributed by atoms with Gasteiger partial charge in [-0.3, -0.25) is 4.57 Å². The van der Waals surface area contributed by atoms with Gasteiger partial charge in [0.25, 0.3) is 0 Å². The average molecular weight is 623 g/mol. The van der Waals surface area contributed by atoms with Crippen LogP contribution in [0.5, 0.6) is 11.5 Å². The third kappa shape index (κ3) is 5.56. The summed E-state index contributed by atoms with van der Waals surface area (Å²) >= 11 is 0. The summed E-state index contributed by atoms with van der Waals surface area (Å²) in [6.45, 7) is 18.1. The van der Waals surface area contributed by atoms with Crippen LogP contribution in [0.3, 0.4) is 0 Å². The number of pyridine rings is 1. The second kappa shape index (κ2) is 12.2. The Morgan fingerprint density at radius 3 is 2.32 bits per heavy atom. The van der Waals surface area contributed by atoms with Gasteiger partial charge >= 0.3 is 0 Å². The van der Waals surface area contributed by atoms with Crippen LogP contribution in [0, 0.1) is 19.8 Å². The molecule has 0 spiro atoms. The van der Waals surface area contributed by atoms with Gasteiger partial charge in [0.2, 0.25) is 0 Å². The number of ether oxygens (including phenoxy) is 1. The molecule has 0 saturated carbocycles. The van der Waals surface area contributed by atoms with Crippen LogP contribution >= 0.6 is 0 Å². The van der Waals surface area contributed by atoms with E-state index in [2.05, 4.69) is 137 Å². The Bertz CT molecular complexity index is 2140. The van der Waals surface area contributed by atoms with E-state index in [1.165, 1.54) is 45.3 Å². The van der Waals surface area contributed by atoms with Gasteiger partial charge in [0, 0.05) is 40.6 Å². The maximum absolute atomic E-state index is 6.69. The molecule has 1 unspecified atom stereocenters. The summed E-state index contributed by atoms with van der Waals surface area (Å²) in [6, 6.07) is 25.6. The van der Waals surface area contributed by atoms with Crippen LogP contribution in [0.1, 0.15) is 100 Å². The van der Waals surface area contributed by atoms with E-state index in [0.717, 1.165) is 46.0 Å². The molecule has 0 bridgehead atoms. The van der Waals surface area contributed by atoms with E-state index in [-0.39, 0.29) is 0 Å². The highest BCUT2D eigenvalue weighted by Crippen LogP contribution is 2.45. The molecule has 47 heavy (non-hydrogen) atoms. The van der Waals surface area contributed by atoms with E-state index < -0.39 is 0 Å². The standard InChI is InChI=1S/C42H46N4O/c1-25(2)41-40(39-29(7)12-11-13-30(39)8)42(26(3)4)46(44-41)31-20-28(6)21-33(23-31)47-32-16-17-35-34-14-9-10-15-36(34)45(37(35)24-32)38-22-27(5)18-19-43-38/h9-10,12,14-26,30,39H,11,13H2,1-8H3/t30-,39?/m0/s1. The van der Waals surface area contributed by atoms with Crippen molar-refractivity contribution in [3.63, 3.8) is 0 Å². The Morgan fingerprint density at radius 2 is 1.57 bits per heavy atom. The first-order valence-corrected chi connectivity index (χ1v) is 17.2. The molecule has 7 rings (SSSR count). The number of benzene rings is 3. The zero-order valence-corrected chi connectivity index (χ0v) is 29.0. The number of allylic oxidation sites excluding steroid dienone is 2. The summed E-state index contributed by atoms with van der Waals surface area (Å²) in [5.74, 6) is 4.12. The fourth-order valence-corrected chi connectivity index (χ4v) is 7.74. The van der Waals surface area contributed by atoms with Crippen molar-refractivity contribution in [3.05, 3.63) is 119 Å². The Labute approximate surface area is 278 Å². The van der Waals surface area contributed by atoms with E-state index in [1.54, 1.807) is 0 Å². The quantitative estimate of drug-likeness (QED) is 0.166. The summed E-state index contributed by atoms with van der Waals surface area (Å²) in [7, 11) is 0. The molecule has 0 aliphatic heterocycles. The molecule has 0 N–H and O–H groups in total. The van der Waals surface area contributed by atoms with Crippen molar-refractivity contribution in [3.8, 4) is 23.0 Å². The SMILES string of the molecule is CC1=CCC[C@H](C)C1c1c(C(C)C)nn(-c2cc(C)cc(Oc3ccc4c5ccccc5n(-c5cc(C)ccn5)c4c3)c2)c1C(C)C. The van der Waals surface area contributed by atoms with Gasteiger partial charge in [0.05, 0.1) is 28.1 Å². The summed E-state index contributed by atoms with van der Waals surface area (Å²) < 4.78 is 11.1. The summed E-state index contributed by atoms with van der Waals surface area (Å²) in [4.78, 5) is 4.75. The second-order valence-electron chi connectivity index (χ2n) is 14.2. The van der Waals surface area contributed by atoms with E-state index in [4.69, 9.17) is 14.8 Å². The number of aryl methyl sites for hydroxylation is 2. The first kappa shape index (κ1) is 31.0. The predicted octanol–water partition coefficient (Wildman–Crippen LogP) is 11.5. The molecule has 3 heterocycles. The highest BCUT2D eigenvalue weighted by atomic mass is 16.5. The van der Waals surface area contributed by atoms with Crippen molar-refractivity contribution in [2.24, 2.45) is 5.92 Å². The molecule has 0 radical (unpaired) electrons. The van der Waals surface area contributed by atoms with Crippen molar-refractivity contribution < 1.29 is 4.74 Å². The van der Waals surface area contributed by atoms with Gasteiger partial charge in [-0.05, 0) is 105 Å². The van der Waals surface area contributed by atoms with Gasteiger partial charge in [-0.1, -0.05) is 64.5 Å². The monoisotopic (exact) mass is 622 g/mol. The van der Waals surface area contributed by atoms with Crippen LogP contribution in [0.4, 0.5) is 0 Å². The van der Waals surface area contributed by atoms with Crippen molar-refractivity contribution in [1.82, 2.24) is 19.3 Å². The lowest BCUT2D eigenvalue weighted by Crippen LogP contribution is -2.18. The Balaban J connectivity index is 1.34. The molecule has 1 aliphatic rings. The molecule has 0 fully saturated rings. The zero-order valence-electron chi connectivity index (χ0n) is 29.0. The van der Waals surface area contributed by atoms with Crippen LogP contribution in [-0.4, -0.2) is 19.3 Å². The van der Waals surface area contributed by atoms with Crippen molar-refractivity contribution in [2.75, 3.05) is 0 Å². The lowest BCUT2D eigenvalue weighted by Gasteiger charge is -2.31. The highest BCUT2D eigenvalue weighted by Gasteiger charge is 2.33. The first-order chi connectivity index (χ1) is 22.6. The van der Waals surface area contributed by atoms with E-state index in [1.807, 2.05) is 12.3 Å². The second-order valence-corrected chi connectivity index (χ2v) is 14.2. The largest absolute Gasteiger partial charge is 0.457 e. The number of nitrogens with zero attached hydrogens (tertiary/aromatic N) is 4. The van der Waals surface area contributed by atoms with Crippen LogP contribution < -0.4 is 4.74 Å². The van der Waals surface area contributed by atoms with Crippen molar-refractivity contribution in [2.45, 2.75) is 86.0 Å². The summed E-state index contributed by atoms with van der Waals surface area (Å²) in [5, 5.41) is 7.75. The highest BCUT2D eigenvalue weighted by molar-refractivity contribution is 6.09. The molecular formula is C42H46N4O. The van der Waals surface area contributed by atoms with Gasteiger partial charge in [-0.15, -0.1) is 0 Å². The fourth-order valence-electron chi connectivity index (χ4n) is 7.74. The summed E-state index contributed by atoms with van der Waals surface area (Å²) in [5.41, 5.74) is 11.0. The minimum absolute atomic E-state index is 0.316. The minimum Gasteiger partial charge on any atom is -0.457 e. The van der Waals surface area contributed by atoms with Crippen molar-refractivity contribution >= 4 is 21.8 Å².